The molecule has 0 amide bonds. The van der Waals surface area contributed by atoms with Crippen LogP contribution in [0.5, 0.6) is 0 Å². The number of nitrogens with zero attached hydrogens (tertiary/aromatic N) is 1. The molecular formula is C16H28N2. The fraction of sp³-hybridized carbons (Fsp3) is 0.625. The molecule has 1 rings (SSSR count). The van der Waals surface area contributed by atoms with E-state index in [1.54, 1.807) is 0 Å². The normalized spacial score (nSPS) is 12.9. The van der Waals surface area contributed by atoms with Gasteiger partial charge in [0.05, 0.1) is 0 Å². The number of nitrogens with two attached hydrogens (primary N) is 1. The smallest absolute Gasteiger partial charge is 0.0234 e. The summed E-state index contributed by atoms with van der Waals surface area (Å²) in [5.74, 6) is 0. The summed E-state index contributed by atoms with van der Waals surface area (Å²) in [4.78, 5) is 2.39. The highest BCUT2D eigenvalue weighted by molar-refractivity contribution is 5.14. The predicted molar refractivity (Wildman–Crippen MR) is 79.5 cm³/mol. The zero-order chi connectivity index (χ0) is 13.2. The Bertz CT molecular complexity index is 297. The summed E-state index contributed by atoms with van der Waals surface area (Å²) in [6, 6.07) is 11.1. The highest BCUT2D eigenvalue weighted by Crippen LogP contribution is 2.12. The van der Waals surface area contributed by atoms with Crippen LogP contribution in [0.2, 0.25) is 0 Å². The second-order valence-corrected chi connectivity index (χ2v) is 5.14. The third kappa shape index (κ3) is 5.65. The summed E-state index contributed by atoms with van der Waals surface area (Å²) in [5, 5.41) is 0. The first-order chi connectivity index (χ1) is 8.77. The third-order valence-electron chi connectivity index (χ3n) is 3.56. The Morgan fingerprint density at radius 3 is 2.44 bits per heavy atom. The lowest BCUT2D eigenvalue weighted by atomic mass is 10.1. The fourth-order valence-electron chi connectivity index (χ4n) is 2.33. The largest absolute Gasteiger partial charge is 0.329 e. The van der Waals surface area contributed by atoms with Crippen molar-refractivity contribution in [1.29, 1.82) is 0 Å². The van der Waals surface area contributed by atoms with E-state index in [9.17, 15) is 0 Å². The van der Waals surface area contributed by atoms with E-state index in [4.69, 9.17) is 5.73 Å². The number of benzene rings is 1. The van der Waals surface area contributed by atoms with E-state index < -0.39 is 0 Å². The zero-order valence-corrected chi connectivity index (χ0v) is 11.9. The molecule has 2 nitrogen and oxygen atoms in total. The molecule has 0 aliphatic heterocycles. The van der Waals surface area contributed by atoms with Crippen LogP contribution in [0.25, 0.3) is 0 Å². The molecule has 1 atom stereocenters. The first-order valence-electron chi connectivity index (χ1n) is 7.22. The van der Waals surface area contributed by atoms with Gasteiger partial charge in [-0.15, -0.1) is 0 Å². The van der Waals surface area contributed by atoms with Gasteiger partial charge in [-0.25, -0.2) is 0 Å². The van der Waals surface area contributed by atoms with Crippen molar-refractivity contribution in [3.8, 4) is 0 Å². The quantitative estimate of drug-likeness (QED) is 0.679. The van der Waals surface area contributed by atoms with Crippen molar-refractivity contribution in [3.63, 3.8) is 0 Å². The standard InChI is InChI=1S/C16H28N2/c1-3-4-5-9-12-16(13-17)18(2)14-15-10-7-6-8-11-15/h6-8,10-11,16H,3-5,9,12-14,17H2,1-2H3. The predicted octanol–water partition coefficient (Wildman–Crippen LogP) is 3.42. The molecule has 0 saturated carbocycles. The molecule has 0 aliphatic rings. The monoisotopic (exact) mass is 248 g/mol. The summed E-state index contributed by atoms with van der Waals surface area (Å²) in [5.41, 5.74) is 7.27. The second-order valence-electron chi connectivity index (χ2n) is 5.14. The molecule has 0 saturated heterocycles. The molecule has 0 aliphatic carbocycles. The Morgan fingerprint density at radius 2 is 1.83 bits per heavy atom. The maximum absolute atomic E-state index is 5.90. The Balaban J connectivity index is 2.34. The van der Waals surface area contributed by atoms with Gasteiger partial charge in [0.2, 0.25) is 0 Å². The second kappa shape index (κ2) is 9.12. The zero-order valence-electron chi connectivity index (χ0n) is 11.9. The molecule has 2 heteroatoms. The van der Waals surface area contributed by atoms with Gasteiger partial charge in [-0.05, 0) is 19.0 Å². The Hall–Kier alpha value is -0.860. The van der Waals surface area contributed by atoms with E-state index in [1.165, 1.54) is 37.7 Å². The molecule has 0 bridgehead atoms. The summed E-state index contributed by atoms with van der Waals surface area (Å²) in [6.07, 6.45) is 6.51. The summed E-state index contributed by atoms with van der Waals surface area (Å²) < 4.78 is 0. The van der Waals surface area contributed by atoms with Crippen LogP contribution in [0.3, 0.4) is 0 Å². The van der Waals surface area contributed by atoms with Crippen molar-refractivity contribution in [2.75, 3.05) is 13.6 Å². The number of rotatable bonds is 9. The maximum Gasteiger partial charge on any atom is 0.0234 e. The van der Waals surface area contributed by atoms with Gasteiger partial charge in [-0.3, -0.25) is 4.90 Å². The van der Waals surface area contributed by atoms with Gasteiger partial charge in [0.15, 0.2) is 0 Å². The molecule has 0 heterocycles. The van der Waals surface area contributed by atoms with Gasteiger partial charge < -0.3 is 5.73 Å². The molecule has 0 radical (unpaired) electrons. The average molecular weight is 248 g/mol. The number of unbranched alkanes of at least 4 members (excludes halogenated alkanes) is 3. The fourth-order valence-corrected chi connectivity index (χ4v) is 2.33. The van der Waals surface area contributed by atoms with Crippen LogP contribution in [0.15, 0.2) is 30.3 Å². The number of likely N-dealkylation sites (N-methyl/N-ethyl adjacent to an activating group) is 1. The summed E-state index contributed by atoms with van der Waals surface area (Å²) >= 11 is 0. The lowest BCUT2D eigenvalue weighted by Gasteiger charge is -2.27. The summed E-state index contributed by atoms with van der Waals surface area (Å²) in [7, 11) is 2.18. The highest BCUT2D eigenvalue weighted by Gasteiger charge is 2.12. The van der Waals surface area contributed by atoms with E-state index in [2.05, 4.69) is 49.2 Å². The molecule has 0 spiro atoms. The van der Waals surface area contributed by atoms with Crippen LogP contribution < -0.4 is 5.73 Å². The van der Waals surface area contributed by atoms with Gasteiger partial charge in [-0.1, -0.05) is 62.9 Å². The molecule has 1 aromatic carbocycles. The van der Waals surface area contributed by atoms with Crippen LogP contribution in [0, 0.1) is 0 Å². The van der Waals surface area contributed by atoms with Crippen LogP contribution >= 0.6 is 0 Å². The van der Waals surface area contributed by atoms with E-state index in [0.29, 0.717) is 6.04 Å². The Labute approximate surface area is 112 Å². The topological polar surface area (TPSA) is 29.3 Å². The van der Waals surface area contributed by atoms with Gasteiger partial charge >= 0.3 is 0 Å². The molecular weight excluding hydrogens is 220 g/mol. The number of hydrogen-bond acceptors (Lipinski definition) is 2. The molecule has 1 aromatic rings. The van der Waals surface area contributed by atoms with Gasteiger partial charge in [-0.2, -0.15) is 0 Å². The van der Waals surface area contributed by atoms with Gasteiger partial charge in [0.25, 0.3) is 0 Å². The van der Waals surface area contributed by atoms with Crippen LogP contribution in [-0.4, -0.2) is 24.5 Å². The minimum atomic E-state index is 0.516. The molecule has 102 valence electrons. The lowest BCUT2D eigenvalue weighted by molar-refractivity contribution is 0.222. The highest BCUT2D eigenvalue weighted by atomic mass is 15.1. The van der Waals surface area contributed by atoms with E-state index >= 15 is 0 Å². The van der Waals surface area contributed by atoms with Crippen molar-refractivity contribution < 1.29 is 0 Å². The third-order valence-corrected chi connectivity index (χ3v) is 3.56. The van der Waals surface area contributed by atoms with E-state index in [-0.39, 0.29) is 0 Å². The molecule has 0 fully saturated rings. The Morgan fingerprint density at radius 1 is 1.11 bits per heavy atom. The van der Waals surface area contributed by atoms with E-state index in [1.807, 2.05) is 0 Å². The lowest BCUT2D eigenvalue weighted by Crippen LogP contribution is -2.37. The van der Waals surface area contributed by atoms with Crippen LogP contribution in [0.1, 0.15) is 44.6 Å². The molecule has 18 heavy (non-hydrogen) atoms. The van der Waals surface area contributed by atoms with Crippen LogP contribution in [-0.2, 0) is 6.54 Å². The first kappa shape index (κ1) is 15.2. The SMILES string of the molecule is CCCCCCC(CN)N(C)Cc1ccccc1. The van der Waals surface area contributed by atoms with Crippen molar-refractivity contribution >= 4 is 0 Å². The Kier molecular flexibility index (Phi) is 7.70. The van der Waals surface area contributed by atoms with Crippen molar-refractivity contribution in [2.45, 2.75) is 51.6 Å². The average Bonchev–Trinajstić information content (AvgIpc) is 2.40. The molecule has 0 aromatic heterocycles. The number of hydrogen-bond donors (Lipinski definition) is 1. The van der Waals surface area contributed by atoms with Gasteiger partial charge in [0, 0.05) is 19.1 Å². The first-order valence-corrected chi connectivity index (χ1v) is 7.22. The summed E-state index contributed by atoms with van der Waals surface area (Å²) in [6.45, 7) is 4.01. The molecule has 2 N–H and O–H groups in total. The van der Waals surface area contributed by atoms with E-state index in [0.717, 1.165) is 13.1 Å². The minimum absolute atomic E-state index is 0.516. The van der Waals surface area contributed by atoms with Gasteiger partial charge in [0.1, 0.15) is 0 Å². The van der Waals surface area contributed by atoms with Crippen LogP contribution in [0.4, 0.5) is 0 Å². The maximum atomic E-state index is 5.90. The molecule has 1 unspecified atom stereocenters. The van der Waals surface area contributed by atoms with Crippen molar-refractivity contribution in [2.24, 2.45) is 5.73 Å². The minimum Gasteiger partial charge on any atom is -0.329 e. The van der Waals surface area contributed by atoms with Crippen molar-refractivity contribution in [1.82, 2.24) is 4.90 Å². The van der Waals surface area contributed by atoms with Crippen molar-refractivity contribution in [3.05, 3.63) is 35.9 Å².